The minimum absolute atomic E-state index is 0. The Balaban J connectivity index is 0.00000385. The minimum atomic E-state index is -0.667. The number of halogens is 1. The van der Waals surface area contributed by atoms with Crippen LogP contribution in [0, 0.1) is 13.8 Å². The van der Waals surface area contributed by atoms with Crippen LogP contribution in [0.3, 0.4) is 0 Å². The second-order valence-electron chi connectivity index (χ2n) is 8.07. The summed E-state index contributed by atoms with van der Waals surface area (Å²) in [5.74, 6) is 2.24. The molecule has 8 heteroatoms. The van der Waals surface area contributed by atoms with Crippen LogP contribution < -0.4 is 20.1 Å². The van der Waals surface area contributed by atoms with Crippen LogP contribution >= 0.6 is 24.0 Å². The molecule has 7 nitrogen and oxygen atoms in total. The Bertz CT molecular complexity index is 888. The summed E-state index contributed by atoms with van der Waals surface area (Å²) in [7, 11) is 0. The molecular weight excluding hydrogens is 533 g/mol. The second-order valence-corrected chi connectivity index (χ2v) is 8.07. The highest BCUT2D eigenvalue weighted by Crippen LogP contribution is 2.24. The zero-order chi connectivity index (χ0) is 22.8. The maximum atomic E-state index is 10.3. The molecule has 0 aromatic heterocycles. The zero-order valence-corrected chi connectivity index (χ0v) is 22.0. The lowest BCUT2D eigenvalue weighted by molar-refractivity contribution is 0.110. The number of benzene rings is 2. The van der Waals surface area contributed by atoms with Gasteiger partial charge in [-0.15, -0.1) is 24.0 Å². The summed E-state index contributed by atoms with van der Waals surface area (Å²) < 4.78 is 17.3. The van der Waals surface area contributed by atoms with Gasteiger partial charge in [0.1, 0.15) is 30.3 Å². The smallest absolute Gasteiger partial charge is 0.191 e. The molecule has 0 saturated carbocycles. The number of aliphatic hydroxyl groups is 1. The van der Waals surface area contributed by atoms with Crippen molar-refractivity contribution in [2.75, 3.05) is 32.9 Å². The van der Waals surface area contributed by atoms with Crippen molar-refractivity contribution in [3.05, 3.63) is 59.2 Å². The molecule has 3 N–H and O–H groups in total. The number of hydrogen-bond donors (Lipinski definition) is 3. The summed E-state index contributed by atoms with van der Waals surface area (Å²) in [4.78, 5) is 4.68. The van der Waals surface area contributed by atoms with Gasteiger partial charge in [-0.2, -0.15) is 0 Å². The zero-order valence-electron chi connectivity index (χ0n) is 19.7. The first kappa shape index (κ1) is 27.2. The van der Waals surface area contributed by atoms with Crippen molar-refractivity contribution in [1.82, 2.24) is 10.6 Å². The van der Waals surface area contributed by atoms with Crippen LogP contribution in [0.2, 0.25) is 0 Å². The number of ether oxygens (including phenoxy) is 3. The van der Waals surface area contributed by atoms with Crippen LogP contribution in [0.5, 0.6) is 11.5 Å². The monoisotopic (exact) mass is 569 g/mol. The summed E-state index contributed by atoms with van der Waals surface area (Å²) in [5, 5.41) is 16.7. The largest absolute Gasteiger partial charge is 0.491 e. The van der Waals surface area contributed by atoms with Crippen molar-refractivity contribution in [2.45, 2.75) is 45.9 Å². The summed E-state index contributed by atoms with van der Waals surface area (Å²) in [6.45, 7) is 9.16. The van der Waals surface area contributed by atoms with E-state index in [9.17, 15) is 5.11 Å². The van der Waals surface area contributed by atoms with Crippen LogP contribution in [0.4, 0.5) is 0 Å². The van der Waals surface area contributed by atoms with Crippen LogP contribution in [0.15, 0.2) is 47.5 Å². The van der Waals surface area contributed by atoms with E-state index < -0.39 is 6.10 Å². The van der Waals surface area contributed by atoms with Gasteiger partial charge < -0.3 is 30.0 Å². The third kappa shape index (κ3) is 9.38. The third-order valence-corrected chi connectivity index (χ3v) is 5.09. The van der Waals surface area contributed by atoms with Crippen LogP contribution in [-0.2, 0) is 11.3 Å². The van der Waals surface area contributed by atoms with E-state index in [1.165, 1.54) is 0 Å². The topological polar surface area (TPSA) is 84.3 Å². The SMILES string of the molecule is CCNC(=NCc1ccc(C)cc1OC1CCOC1)NCC(O)COc1cccc(C)c1.I. The fourth-order valence-electron chi connectivity index (χ4n) is 3.36. The average Bonchev–Trinajstić information content (AvgIpc) is 3.28. The minimum Gasteiger partial charge on any atom is -0.491 e. The van der Waals surface area contributed by atoms with Crippen LogP contribution in [0.1, 0.15) is 30.0 Å². The van der Waals surface area contributed by atoms with Gasteiger partial charge in [0.2, 0.25) is 0 Å². The number of guanidine groups is 1. The van der Waals surface area contributed by atoms with Crippen LogP contribution in [0.25, 0.3) is 0 Å². The van der Waals surface area contributed by atoms with E-state index >= 15 is 0 Å². The number of nitrogens with zero attached hydrogens (tertiary/aromatic N) is 1. The van der Waals surface area contributed by atoms with E-state index in [2.05, 4.69) is 40.7 Å². The van der Waals surface area contributed by atoms with E-state index in [4.69, 9.17) is 14.2 Å². The van der Waals surface area contributed by atoms with Gasteiger partial charge in [0.05, 0.1) is 19.8 Å². The highest BCUT2D eigenvalue weighted by atomic mass is 127. The lowest BCUT2D eigenvalue weighted by atomic mass is 10.1. The molecule has 182 valence electrons. The molecular formula is C25H36IN3O4. The standard InChI is InChI=1S/C25H35N3O4.HI/c1-4-26-25(28-15-21(29)16-31-22-7-5-6-18(2)12-22)27-14-20-9-8-19(3)13-24(20)32-23-10-11-30-17-23;/h5-9,12-13,21,23,29H,4,10-11,14-17H2,1-3H3,(H2,26,27,28);1H. The number of rotatable bonds is 10. The fourth-order valence-corrected chi connectivity index (χ4v) is 3.36. The Labute approximate surface area is 214 Å². The molecule has 1 aliphatic heterocycles. The quantitative estimate of drug-likeness (QED) is 0.231. The number of aliphatic imine (C=N–C) groups is 1. The molecule has 1 fully saturated rings. The molecule has 33 heavy (non-hydrogen) atoms. The normalized spacial score (nSPS) is 16.6. The van der Waals surface area contributed by atoms with E-state index in [-0.39, 0.29) is 36.7 Å². The van der Waals surface area contributed by atoms with E-state index in [0.717, 1.165) is 47.8 Å². The molecule has 0 spiro atoms. The Morgan fingerprint density at radius 3 is 2.73 bits per heavy atom. The van der Waals surface area contributed by atoms with Crippen molar-refractivity contribution in [2.24, 2.45) is 4.99 Å². The van der Waals surface area contributed by atoms with Gasteiger partial charge in [0.25, 0.3) is 0 Å². The van der Waals surface area contributed by atoms with E-state index in [1.807, 2.05) is 38.1 Å². The molecule has 1 saturated heterocycles. The first-order valence-electron chi connectivity index (χ1n) is 11.3. The Morgan fingerprint density at radius 1 is 1.18 bits per heavy atom. The number of nitrogens with one attached hydrogen (secondary N) is 2. The van der Waals surface area contributed by atoms with Crippen LogP contribution in [-0.4, -0.2) is 56.2 Å². The Morgan fingerprint density at radius 2 is 2.00 bits per heavy atom. The van der Waals surface area contributed by atoms with Crippen molar-refractivity contribution in [1.29, 1.82) is 0 Å². The molecule has 2 unspecified atom stereocenters. The molecule has 1 aliphatic rings. The van der Waals surface area contributed by atoms with Gasteiger partial charge >= 0.3 is 0 Å². The average molecular weight is 569 g/mol. The van der Waals surface area contributed by atoms with E-state index in [1.54, 1.807) is 0 Å². The van der Waals surface area contributed by atoms with Gasteiger partial charge in [-0.25, -0.2) is 4.99 Å². The molecule has 0 amide bonds. The summed E-state index contributed by atoms with van der Waals surface area (Å²) >= 11 is 0. The first-order valence-corrected chi connectivity index (χ1v) is 11.3. The molecule has 3 rings (SSSR count). The third-order valence-electron chi connectivity index (χ3n) is 5.09. The van der Waals surface area contributed by atoms with Gasteiger partial charge in [0.15, 0.2) is 5.96 Å². The molecule has 2 aromatic carbocycles. The summed E-state index contributed by atoms with van der Waals surface area (Å²) in [6, 6.07) is 14.0. The van der Waals surface area contributed by atoms with Crippen molar-refractivity contribution < 1.29 is 19.3 Å². The number of hydrogen-bond acceptors (Lipinski definition) is 5. The lowest BCUT2D eigenvalue weighted by Crippen LogP contribution is -2.42. The highest BCUT2D eigenvalue weighted by molar-refractivity contribution is 14.0. The first-order chi connectivity index (χ1) is 15.5. The number of aliphatic hydroxyl groups excluding tert-OH is 1. The van der Waals surface area contributed by atoms with Gasteiger partial charge in [-0.05, 0) is 50.1 Å². The molecule has 1 heterocycles. The van der Waals surface area contributed by atoms with Gasteiger partial charge in [-0.1, -0.05) is 24.3 Å². The van der Waals surface area contributed by atoms with Gasteiger partial charge in [-0.3, -0.25) is 0 Å². The molecule has 0 aliphatic carbocycles. The Hall–Kier alpha value is -2.04. The maximum Gasteiger partial charge on any atom is 0.191 e. The van der Waals surface area contributed by atoms with Crippen molar-refractivity contribution >= 4 is 29.9 Å². The highest BCUT2D eigenvalue weighted by Gasteiger charge is 2.18. The van der Waals surface area contributed by atoms with Crippen molar-refractivity contribution in [3.63, 3.8) is 0 Å². The molecule has 0 bridgehead atoms. The predicted molar refractivity (Wildman–Crippen MR) is 142 cm³/mol. The lowest BCUT2D eigenvalue weighted by Gasteiger charge is -2.17. The van der Waals surface area contributed by atoms with E-state index in [0.29, 0.717) is 25.7 Å². The fraction of sp³-hybridized carbons (Fsp3) is 0.480. The maximum absolute atomic E-state index is 10.3. The molecule has 0 radical (unpaired) electrons. The summed E-state index contributed by atoms with van der Waals surface area (Å²) in [6.07, 6.45) is 0.332. The second kappa shape index (κ2) is 14.3. The van der Waals surface area contributed by atoms with Gasteiger partial charge in [0, 0.05) is 25.1 Å². The molecule has 2 atom stereocenters. The van der Waals surface area contributed by atoms with Crippen molar-refractivity contribution in [3.8, 4) is 11.5 Å². The number of aryl methyl sites for hydroxylation is 2. The predicted octanol–water partition coefficient (Wildman–Crippen LogP) is 3.58. The summed E-state index contributed by atoms with van der Waals surface area (Å²) in [5.41, 5.74) is 3.29. The Kier molecular flexibility index (Phi) is 11.8. The molecule has 2 aromatic rings.